The van der Waals surface area contributed by atoms with Crippen LogP contribution < -0.4 is 4.90 Å². The van der Waals surface area contributed by atoms with Gasteiger partial charge in [-0.1, -0.05) is 35.5 Å². The average molecular weight is 328 g/mol. The van der Waals surface area contributed by atoms with Gasteiger partial charge in [-0.25, -0.2) is 8.78 Å². The number of rotatable bonds is 4. The van der Waals surface area contributed by atoms with E-state index >= 15 is 0 Å². The van der Waals surface area contributed by atoms with Gasteiger partial charge in [0.2, 0.25) is 0 Å². The smallest absolute Gasteiger partial charge is 0.280 e. The third kappa shape index (κ3) is 3.03. The molecule has 0 saturated heterocycles. The second kappa shape index (κ2) is 6.62. The fourth-order valence-corrected chi connectivity index (χ4v) is 2.35. The molecule has 0 N–H and O–H groups in total. The molecule has 0 atom stereocenters. The first kappa shape index (κ1) is 15.9. The van der Waals surface area contributed by atoms with Crippen molar-refractivity contribution in [2.75, 3.05) is 11.4 Å². The van der Waals surface area contributed by atoms with Gasteiger partial charge in [0.15, 0.2) is 23.1 Å². The summed E-state index contributed by atoms with van der Waals surface area (Å²) in [6.45, 7) is 2.01. The molecule has 3 aromatic rings. The zero-order valence-electron chi connectivity index (χ0n) is 12.9. The van der Waals surface area contributed by atoms with Crippen LogP contribution in [0.25, 0.3) is 11.3 Å². The van der Waals surface area contributed by atoms with E-state index in [4.69, 9.17) is 4.52 Å². The van der Waals surface area contributed by atoms with Crippen molar-refractivity contribution in [2.24, 2.45) is 0 Å². The van der Waals surface area contributed by atoms with Gasteiger partial charge in [-0.05, 0) is 19.1 Å². The van der Waals surface area contributed by atoms with E-state index < -0.39 is 17.5 Å². The Labute approximate surface area is 137 Å². The lowest BCUT2D eigenvalue weighted by Gasteiger charge is -2.19. The normalized spacial score (nSPS) is 10.6. The summed E-state index contributed by atoms with van der Waals surface area (Å²) in [6, 6.07) is 14.1. The van der Waals surface area contributed by atoms with Crippen LogP contribution in [-0.2, 0) is 0 Å². The predicted molar refractivity (Wildman–Crippen MR) is 85.6 cm³/mol. The Hall–Kier alpha value is -3.02. The Morgan fingerprint density at radius 1 is 1.08 bits per heavy atom. The first-order chi connectivity index (χ1) is 11.6. The highest BCUT2D eigenvalue weighted by atomic mass is 19.2. The van der Waals surface area contributed by atoms with E-state index in [1.54, 1.807) is 6.92 Å². The molecule has 3 rings (SSSR count). The summed E-state index contributed by atoms with van der Waals surface area (Å²) in [4.78, 5) is 13.9. The number of hydrogen-bond acceptors (Lipinski definition) is 3. The molecule has 0 aliphatic heterocycles. The molecule has 0 bridgehead atoms. The highest BCUT2D eigenvalue weighted by Gasteiger charge is 2.21. The topological polar surface area (TPSA) is 46.3 Å². The molecule has 0 aliphatic rings. The maximum absolute atomic E-state index is 13.4. The van der Waals surface area contributed by atoms with E-state index in [1.807, 2.05) is 30.3 Å². The fourth-order valence-electron chi connectivity index (χ4n) is 2.35. The number of halogens is 2. The second-order valence-electron chi connectivity index (χ2n) is 5.09. The van der Waals surface area contributed by atoms with Crippen LogP contribution in [-0.4, -0.2) is 17.6 Å². The molecule has 6 heteroatoms. The molecule has 1 amide bonds. The molecule has 0 unspecified atom stereocenters. The molecule has 122 valence electrons. The SMILES string of the molecule is CCN(C(=O)c1cc(-c2ccccc2)on1)c1ccc(F)c(F)c1. The maximum atomic E-state index is 13.4. The Kier molecular flexibility index (Phi) is 4.37. The van der Waals surface area contributed by atoms with E-state index in [0.717, 1.165) is 17.7 Å². The van der Waals surface area contributed by atoms with Crippen LogP contribution in [0.3, 0.4) is 0 Å². The Morgan fingerprint density at radius 3 is 2.50 bits per heavy atom. The monoisotopic (exact) mass is 328 g/mol. The van der Waals surface area contributed by atoms with E-state index in [1.165, 1.54) is 17.0 Å². The lowest BCUT2D eigenvalue weighted by Crippen LogP contribution is -2.31. The van der Waals surface area contributed by atoms with Crippen LogP contribution >= 0.6 is 0 Å². The Bertz CT molecular complexity index is 862. The van der Waals surface area contributed by atoms with Gasteiger partial charge in [-0.15, -0.1) is 0 Å². The van der Waals surface area contributed by atoms with Crippen molar-refractivity contribution >= 4 is 11.6 Å². The first-order valence-electron chi connectivity index (χ1n) is 7.39. The van der Waals surface area contributed by atoms with Gasteiger partial charge >= 0.3 is 0 Å². The van der Waals surface area contributed by atoms with Gasteiger partial charge in [-0.3, -0.25) is 4.79 Å². The van der Waals surface area contributed by atoms with Crippen LogP contribution in [0.5, 0.6) is 0 Å². The molecule has 0 fully saturated rings. The molecule has 2 aromatic carbocycles. The van der Waals surface area contributed by atoms with Crippen molar-refractivity contribution in [3.05, 3.63) is 71.9 Å². The summed E-state index contributed by atoms with van der Waals surface area (Å²) in [5.41, 5.74) is 1.14. The van der Waals surface area contributed by atoms with Crippen LogP contribution in [0.15, 0.2) is 59.1 Å². The molecule has 4 nitrogen and oxygen atoms in total. The molecular weight excluding hydrogens is 314 g/mol. The van der Waals surface area contributed by atoms with Crippen molar-refractivity contribution in [3.63, 3.8) is 0 Å². The number of anilines is 1. The van der Waals surface area contributed by atoms with Crippen molar-refractivity contribution < 1.29 is 18.1 Å². The highest BCUT2D eigenvalue weighted by Crippen LogP contribution is 2.23. The van der Waals surface area contributed by atoms with Gasteiger partial charge in [-0.2, -0.15) is 0 Å². The van der Waals surface area contributed by atoms with Crippen LogP contribution in [0.4, 0.5) is 14.5 Å². The average Bonchev–Trinajstić information content (AvgIpc) is 3.09. The van der Waals surface area contributed by atoms with Crippen LogP contribution in [0.1, 0.15) is 17.4 Å². The number of benzene rings is 2. The Balaban J connectivity index is 1.89. The quantitative estimate of drug-likeness (QED) is 0.718. The van der Waals surface area contributed by atoms with Crippen molar-refractivity contribution in [2.45, 2.75) is 6.92 Å². The summed E-state index contributed by atoms with van der Waals surface area (Å²) in [7, 11) is 0. The number of hydrogen-bond donors (Lipinski definition) is 0. The lowest BCUT2D eigenvalue weighted by molar-refractivity contribution is 0.0979. The van der Waals surface area contributed by atoms with Crippen molar-refractivity contribution in [1.82, 2.24) is 5.16 Å². The summed E-state index contributed by atoms with van der Waals surface area (Å²) < 4.78 is 31.7. The minimum Gasteiger partial charge on any atom is -0.355 e. The summed E-state index contributed by atoms with van der Waals surface area (Å²) in [5, 5.41) is 3.79. The van der Waals surface area contributed by atoms with Crippen LogP contribution in [0, 0.1) is 11.6 Å². The van der Waals surface area contributed by atoms with E-state index in [2.05, 4.69) is 5.16 Å². The summed E-state index contributed by atoms with van der Waals surface area (Å²) >= 11 is 0. The van der Waals surface area contributed by atoms with Gasteiger partial charge in [0.25, 0.3) is 5.91 Å². The van der Waals surface area contributed by atoms with E-state index in [-0.39, 0.29) is 17.9 Å². The van der Waals surface area contributed by atoms with Gasteiger partial charge < -0.3 is 9.42 Å². The molecule has 0 aliphatic carbocycles. The summed E-state index contributed by atoms with van der Waals surface area (Å²) in [5.74, 6) is -1.96. The number of aromatic nitrogens is 1. The predicted octanol–water partition coefficient (Wildman–Crippen LogP) is 4.29. The maximum Gasteiger partial charge on any atom is 0.280 e. The number of carbonyl (C=O) groups is 1. The largest absolute Gasteiger partial charge is 0.355 e. The van der Waals surface area contributed by atoms with E-state index in [9.17, 15) is 13.6 Å². The molecule has 1 aromatic heterocycles. The molecule has 24 heavy (non-hydrogen) atoms. The fraction of sp³-hybridized carbons (Fsp3) is 0.111. The van der Waals surface area contributed by atoms with Gasteiger partial charge in [0.05, 0.1) is 0 Å². The van der Waals surface area contributed by atoms with E-state index in [0.29, 0.717) is 5.76 Å². The first-order valence-corrected chi connectivity index (χ1v) is 7.39. The third-order valence-corrected chi connectivity index (χ3v) is 3.56. The molecule has 0 saturated carbocycles. The lowest BCUT2D eigenvalue weighted by atomic mass is 10.1. The second-order valence-corrected chi connectivity index (χ2v) is 5.09. The minimum atomic E-state index is -1.01. The number of carbonyl (C=O) groups excluding carboxylic acids is 1. The molecule has 1 heterocycles. The Morgan fingerprint density at radius 2 is 1.83 bits per heavy atom. The standard InChI is InChI=1S/C18H14F2N2O2/c1-2-22(13-8-9-14(19)15(20)10-13)18(23)16-11-17(24-21-16)12-6-4-3-5-7-12/h3-11H,2H2,1H3. The highest BCUT2D eigenvalue weighted by molar-refractivity contribution is 6.05. The van der Waals surface area contributed by atoms with Crippen LogP contribution in [0.2, 0.25) is 0 Å². The zero-order valence-corrected chi connectivity index (χ0v) is 12.9. The van der Waals surface area contributed by atoms with Gasteiger partial charge in [0.1, 0.15) is 0 Å². The number of amides is 1. The zero-order chi connectivity index (χ0) is 17.1. The molecule has 0 spiro atoms. The van der Waals surface area contributed by atoms with Crippen molar-refractivity contribution in [1.29, 1.82) is 0 Å². The third-order valence-electron chi connectivity index (χ3n) is 3.56. The van der Waals surface area contributed by atoms with Gasteiger partial charge in [0, 0.05) is 29.9 Å². The minimum absolute atomic E-state index is 0.0976. The molecule has 0 radical (unpaired) electrons. The van der Waals surface area contributed by atoms with Crippen molar-refractivity contribution in [3.8, 4) is 11.3 Å². The summed E-state index contributed by atoms with van der Waals surface area (Å²) in [6.07, 6.45) is 0. The molecular formula is C18H14F2N2O2. The number of nitrogens with zero attached hydrogens (tertiary/aromatic N) is 2.